The minimum absolute atomic E-state index is 0.393. The molecule has 0 fully saturated rings. The van der Waals surface area contributed by atoms with E-state index in [1.807, 2.05) is 0 Å². The highest BCUT2D eigenvalue weighted by Gasteiger charge is 2.20. The second kappa shape index (κ2) is 2.91. The topological polar surface area (TPSA) is 14.1 Å². The predicted molar refractivity (Wildman–Crippen MR) is 50.2 cm³/mol. The average molecular weight is 160 g/mol. The zero-order chi connectivity index (χ0) is 8.55. The van der Waals surface area contributed by atoms with Gasteiger partial charge in [-0.3, -0.25) is 0 Å². The molecule has 0 N–H and O–H groups in total. The van der Waals surface area contributed by atoms with Gasteiger partial charge in [-0.25, -0.2) is 5.32 Å². The summed E-state index contributed by atoms with van der Waals surface area (Å²) in [4.78, 5) is 0. The lowest BCUT2D eigenvalue weighted by Gasteiger charge is -2.26. The van der Waals surface area contributed by atoms with Crippen LogP contribution in [-0.2, 0) is 6.42 Å². The van der Waals surface area contributed by atoms with Crippen LogP contribution < -0.4 is 5.32 Å². The van der Waals surface area contributed by atoms with Crippen LogP contribution in [0.5, 0.6) is 0 Å². The van der Waals surface area contributed by atoms with Gasteiger partial charge in [0, 0.05) is 12.1 Å². The maximum atomic E-state index is 4.62. The van der Waals surface area contributed by atoms with Crippen molar-refractivity contribution in [2.45, 2.75) is 32.4 Å². The Bertz CT molecular complexity index is 280. The van der Waals surface area contributed by atoms with Crippen molar-refractivity contribution in [2.75, 3.05) is 0 Å². The number of hydrogen-bond donors (Lipinski definition) is 0. The number of nitrogens with zero attached hydrogens (tertiary/aromatic N) is 1. The predicted octanol–water partition coefficient (Wildman–Crippen LogP) is 2.30. The molecule has 1 heterocycles. The van der Waals surface area contributed by atoms with Gasteiger partial charge in [-0.15, -0.1) is 0 Å². The van der Waals surface area contributed by atoms with Crippen molar-refractivity contribution in [3.63, 3.8) is 0 Å². The second-order valence-corrected chi connectivity index (χ2v) is 3.58. The fourth-order valence-electron chi connectivity index (χ4n) is 1.96. The van der Waals surface area contributed by atoms with Crippen LogP contribution in [0.1, 0.15) is 31.0 Å². The first-order chi connectivity index (χ1) is 5.77. The molecular weight excluding hydrogens is 146 g/mol. The van der Waals surface area contributed by atoms with Crippen molar-refractivity contribution < 1.29 is 0 Å². The molecule has 1 heteroatoms. The van der Waals surface area contributed by atoms with Crippen LogP contribution in [-0.4, -0.2) is 6.04 Å². The molecule has 2 rings (SSSR count). The Morgan fingerprint density at radius 1 is 1.25 bits per heavy atom. The second-order valence-electron chi connectivity index (χ2n) is 3.58. The van der Waals surface area contributed by atoms with Crippen molar-refractivity contribution in [3.8, 4) is 0 Å². The molecule has 12 heavy (non-hydrogen) atoms. The minimum Gasteiger partial charge on any atom is -0.231 e. The van der Waals surface area contributed by atoms with Gasteiger partial charge >= 0.3 is 0 Å². The lowest BCUT2D eigenvalue weighted by Crippen LogP contribution is -2.29. The van der Waals surface area contributed by atoms with Gasteiger partial charge < -0.3 is 0 Å². The van der Waals surface area contributed by atoms with E-state index in [0.29, 0.717) is 12.1 Å². The van der Waals surface area contributed by atoms with Crippen molar-refractivity contribution in [1.29, 1.82) is 0 Å². The standard InChI is InChI=1S/C11H14N/c1-8-7-10-5-3-4-6-11(10)9(2)12-8/h3-6,8-9H,7H2,1-2H3. The van der Waals surface area contributed by atoms with Crippen LogP contribution in [0.15, 0.2) is 24.3 Å². The number of rotatable bonds is 0. The number of benzene rings is 1. The van der Waals surface area contributed by atoms with Gasteiger partial charge in [0.1, 0.15) is 0 Å². The first kappa shape index (κ1) is 7.81. The van der Waals surface area contributed by atoms with Crippen LogP contribution in [0.2, 0.25) is 0 Å². The number of fused-ring (bicyclic) bond motifs is 1. The molecule has 0 spiro atoms. The summed E-state index contributed by atoms with van der Waals surface area (Å²) in [5.74, 6) is 0. The fraction of sp³-hybridized carbons (Fsp3) is 0.455. The lowest BCUT2D eigenvalue weighted by molar-refractivity contribution is 0.434. The molecule has 1 radical (unpaired) electrons. The molecule has 1 nitrogen and oxygen atoms in total. The van der Waals surface area contributed by atoms with Crippen LogP contribution in [0.3, 0.4) is 0 Å². The molecule has 2 unspecified atom stereocenters. The third-order valence-corrected chi connectivity index (χ3v) is 2.50. The summed E-state index contributed by atoms with van der Waals surface area (Å²) in [7, 11) is 0. The van der Waals surface area contributed by atoms with Gasteiger partial charge in [0.05, 0.1) is 0 Å². The molecule has 1 aliphatic heterocycles. The summed E-state index contributed by atoms with van der Waals surface area (Å²) in [6.45, 7) is 4.36. The highest BCUT2D eigenvalue weighted by molar-refractivity contribution is 5.32. The Morgan fingerprint density at radius 3 is 2.83 bits per heavy atom. The van der Waals surface area contributed by atoms with E-state index in [9.17, 15) is 0 Å². The molecule has 2 atom stereocenters. The summed E-state index contributed by atoms with van der Waals surface area (Å²) in [6, 6.07) is 9.51. The first-order valence-electron chi connectivity index (χ1n) is 4.55. The quantitative estimate of drug-likeness (QED) is 0.553. The van der Waals surface area contributed by atoms with E-state index < -0.39 is 0 Å². The van der Waals surface area contributed by atoms with Crippen molar-refractivity contribution in [2.24, 2.45) is 0 Å². The zero-order valence-electron chi connectivity index (χ0n) is 7.62. The molecule has 1 aromatic rings. The van der Waals surface area contributed by atoms with Crippen molar-refractivity contribution in [3.05, 3.63) is 35.4 Å². The lowest BCUT2D eigenvalue weighted by atomic mass is 9.92. The SMILES string of the molecule is CC1Cc2ccccc2C(C)[N]1. The maximum absolute atomic E-state index is 4.62. The van der Waals surface area contributed by atoms with E-state index in [0.717, 1.165) is 6.42 Å². The summed E-state index contributed by atoms with van der Waals surface area (Å²) in [5, 5.41) is 4.62. The summed E-state index contributed by atoms with van der Waals surface area (Å²) in [6.07, 6.45) is 1.11. The third kappa shape index (κ3) is 1.25. The largest absolute Gasteiger partial charge is 0.231 e. The molecule has 0 saturated heterocycles. The number of hydrogen-bond acceptors (Lipinski definition) is 0. The fourth-order valence-corrected chi connectivity index (χ4v) is 1.96. The van der Waals surface area contributed by atoms with Gasteiger partial charge in [-0.2, -0.15) is 0 Å². The van der Waals surface area contributed by atoms with E-state index in [1.54, 1.807) is 0 Å². The Balaban J connectivity index is 2.40. The summed E-state index contributed by atoms with van der Waals surface area (Å²) in [5.41, 5.74) is 2.89. The summed E-state index contributed by atoms with van der Waals surface area (Å²) < 4.78 is 0. The van der Waals surface area contributed by atoms with Gasteiger partial charge in [-0.1, -0.05) is 24.3 Å². The minimum atomic E-state index is 0.393. The summed E-state index contributed by atoms with van der Waals surface area (Å²) >= 11 is 0. The van der Waals surface area contributed by atoms with Crippen LogP contribution in [0.4, 0.5) is 0 Å². The molecule has 0 amide bonds. The van der Waals surface area contributed by atoms with Crippen LogP contribution >= 0.6 is 0 Å². The molecule has 1 aromatic carbocycles. The Kier molecular flexibility index (Phi) is 1.89. The average Bonchev–Trinajstić information content (AvgIpc) is 2.04. The Labute approximate surface area is 73.8 Å². The molecule has 0 aromatic heterocycles. The van der Waals surface area contributed by atoms with Gasteiger partial charge in [-0.05, 0) is 31.4 Å². The Morgan fingerprint density at radius 2 is 2.00 bits per heavy atom. The maximum Gasteiger partial charge on any atom is 0.0473 e. The smallest absolute Gasteiger partial charge is 0.0473 e. The van der Waals surface area contributed by atoms with Crippen molar-refractivity contribution >= 4 is 0 Å². The molecule has 1 aliphatic rings. The molecule has 0 bridgehead atoms. The molecular formula is C11H14N. The molecule has 0 aliphatic carbocycles. The highest BCUT2D eigenvalue weighted by atomic mass is 14.9. The zero-order valence-corrected chi connectivity index (χ0v) is 7.62. The third-order valence-electron chi connectivity index (χ3n) is 2.50. The Hall–Kier alpha value is -0.820. The van der Waals surface area contributed by atoms with Gasteiger partial charge in [0.25, 0.3) is 0 Å². The van der Waals surface area contributed by atoms with Crippen LogP contribution in [0, 0.1) is 0 Å². The van der Waals surface area contributed by atoms with E-state index in [-0.39, 0.29) is 0 Å². The van der Waals surface area contributed by atoms with Crippen molar-refractivity contribution in [1.82, 2.24) is 5.32 Å². The van der Waals surface area contributed by atoms with E-state index >= 15 is 0 Å². The van der Waals surface area contributed by atoms with E-state index in [1.165, 1.54) is 11.1 Å². The van der Waals surface area contributed by atoms with Crippen LogP contribution in [0.25, 0.3) is 0 Å². The normalized spacial score (nSPS) is 28.2. The first-order valence-corrected chi connectivity index (χ1v) is 4.55. The van der Waals surface area contributed by atoms with Gasteiger partial charge in [0.15, 0.2) is 0 Å². The monoisotopic (exact) mass is 160 g/mol. The highest BCUT2D eigenvalue weighted by Crippen LogP contribution is 2.25. The molecule has 0 saturated carbocycles. The van der Waals surface area contributed by atoms with E-state index in [4.69, 9.17) is 0 Å². The molecule has 63 valence electrons. The van der Waals surface area contributed by atoms with Gasteiger partial charge in [0.2, 0.25) is 0 Å². The van der Waals surface area contributed by atoms with E-state index in [2.05, 4.69) is 43.4 Å².